The fourth-order valence-corrected chi connectivity index (χ4v) is 5.12. The molecule has 1 atom stereocenters. The molecule has 6 heteroatoms. The Morgan fingerprint density at radius 2 is 1.61 bits per heavy atom. The third kappa shape index (κ3) is 5.27. The van der Waals surface area contributed by atoms with Crippen molar-refractivity contribution in [3.05, 3.63) is 108 Å². The Balaban J connectivity index is 1.34. The van der Waals surface area contributed by atoms with Crippen molar-refractivity contribution >= 4 is 10.9 Å². The van der Waals surface area contributed by atoms with Crippen molar-refractivity contribution in [3.63, 3.8) is 0 Å². The zero-order valence-corrected chi connectivity index (χ0v) is 21.6. The first-order valence-electron chi connectivity index (χ1n) is 13.3. The third-order valence-corrected chi connectivity index (χ3v) is 7.18. The number of rotatable bonds is 8. The van der Waals surface area contributed by atoms with Crippen LogP contribution in [0, 0.1) is 0 Å². The summed E-state index contributed by atoms with van der Waals surface area (Å²) < 4.78 is 14.3. The van der Waals surface area contributed by atoms with Crippen LogP contribution in [0.1, 0.15) is 35.4 Å². The highest BCUT2D eigenvalue weighted by Crippen LogP contribution is 2.36. The summed E-state index contributed by atoms with van der Waals surface area (Å²) in [5.41, 5.74) is 6.35. The molecule has 6 rings (SSSR count). The highest BCUT2D eigenvalue weighted by atomic mass is 16.5. The lowest BCUT2D eigenvalue weighted by molar-refractivity contribution is 0.268. The summed E-state index contributed by atoms with van der Waals surface area (Å²) in [7, 11) is 2.00. The molecule has 1 aliphatic heterocycles. The molecule has 1 saturated heterocycles. The van der Waals surface area contributed by atoms with Gasteiger partial charge in [-0.25, -0.2) is 0 Å². The number of piperidine rings is 1. The van der Waals surface area contributed by atoms with Crippen LogP contribution in [0.5, 0.6) is 11.8 Å². The van der Waals surface area contributed by atoms with Gasteiger partial charge < -0.3 is 14.8 Å². The molecule has 1 aliphatic rings. The number of ether oxygens (including phenoxy) is 2. The molecule has 0 amide bonds. The number of pyridine rings is 1. The standard InChI is InChI=1S/C32H32N4O2/c1-36-29-19-25(26-13-8-18-33-20-26)14-15-27(29)31(35-36)28-16-17-30(37-21-23-9-4-2-5-10-23)34-32(28)38-22-24-11-6-3-7-12-24/h2-7,9-12,14-17,19,26,33H,8,13,18,20-22H2,1H3/t26-/m1/s1. The van der Waals surface area contributed by atoms with Gasteiger partial charge in [0.1, 0.15) is 18.9 Å². The second-order valence-electron chi connectivity index (χ2n) is 9.84. The van der Waals surface area contributed by atoms with Crippen LogP contribution in [-0.2, 0) is 20.3 Å². The van der Waals surface area contributed by atoms with Gasteiger partial charge in [-0.3, -0.25) is 4.68 Å². The maximum atomic E-state index is 6.30. The van der Waals surface area contributed by atoms with Crippen molar-refractivity contribution in [3.8, 4) is 23.0 Å². The van der Waals surface area contributed by atoms with E-state index in [1.54, 1.807) is 0 Å². The van der Waals surface area contributed by atoms with E-state index >= 15 is 0 Å². The van der Waals surface area contributed by atoms with Gasteiger partial charge in [-0.05, 0) is 54.1 Å². The molecule has 0 radical (unpaired) electrons. The average Bonchev–Trinajstić information content (AvgIpc) is 3.32. The molecular formula is C32H32N4O2. The first-order chi connectivity index (χ1) is 18.7. The second kappa shape index (κ2) is 11.1. The van der Waals surface area contributed by atoms with Crippen LogP contribution in [0.3, 0.4) is 0 Å². The lowest BCUT2D eigenvalue weighted by Crippen LogP contribution is -2.28. The minimum atomic E-state index is 0.409. The monoisotopic (exact) mass is 504 g/mol. The van der Waals surface area contributed by atoms with E-state index in [2.05, 4.69) is 23.5 Å². The molecule has 1 N–H and O–H groups in total. The highest BCUT2D eigenvalue weighted by Gasteiger charge is 2.20. The quantitative estimate of drug-likeness (QED) is 0.270. The molecule has 3 heterocycles. The SMILES string of the molecule is Cn1nc(-c2ccc(OCc3ccccc3)nc2OCc2ccccc2)c2ccc([C@@H]3CCCNC3)cc21. The van der Waals surface area contributed by atoms with E-state index in [0.29, 0.717) is 30.9 Å². The van der Waals surface area contributed by atoms with Crippen LogP contribution in [0.4, 0.5) is 0 Å². The summed E-state index contributed by atoms with van der Waals surface area (Å²) in [5, 5.41) is 9.54. The number of benzene rings is 3. The number of hydrogen-bond acceptors (Lipinski definition) is 5. The maximum absolute atomic E-state index is 6.30. The first-order valence-corrected chi connectivity index (χ1v) is 13.3. The molecule has 1 fully saturated rings. The highest BCUT2D eigenvalue weighted by molar-refractivity contribution is 5.95. The van der Waals surface area contributed by atoms with Crippen molar-refractivity contribution in [2.75, 3.05) is 13.1 Å². The minimum absolute atomic E-state index is 0.409. The van der Waals surface area contributed by atoms with Crippen molar-refractivity contribution in [1.29, 1.82) is 0 Å². The smallest absolute Gasteiger partial charge is 0.226 e. The van der Waals surface area contributed by atoms with E-state index in [1.807, 2.05) is 84.5 Å². The molecule has 0 spiro atoms. The maximum Gasteiger partial charge on any atom is 0.226 e. The summed E-state index contributed by atoms with van der Waals surface area (Å²) >= 11 is 0. The van der Waals surface area contributed by atoms with E-state index in [9.17, 15) is 0 Å². The zero-order valence-electron chi connectivity index (χ0n) is 21.6. The number of nitrogens with zero attached hydrogens (tertiary/aromatic N) is 3. The fourth-order valence-electron chi connectivity index (χ4n) is 5.12. The van der Waals surface area contributed by atoms with Crippen molar-refractivity contribution < 1.29 is 9.47 Å². The molecule has 0 bridgehead atoms. The van der Waals surface area contributed by atoms with Gasteiger partial charge in [0, 0.05) is 25.0 Å². The molecule has 0 saturated carbocycles. The normalized spacial score (nSPS) is 15.4. The Bertz CT molecular complexity index is 1510. The number of hydrogen-bond donors (Lipinski definition) is 1. The lowest BCUT2D eigenvalue weighted by Gasteiger charge is -2.23. The number of nitrogens with one attached hydrogen (secondary N) is 1. The Morgan fingerprint density at radius 1 is 0.868 bits per heavy atom. The van der Waals surface area contributed by atoms with Crippen molar-refractivity contribution in [1.82, 2.24) is 20.1 Å². The summed E-state index contributed by atoms with van der Waals surface area (Å²) in [6.07, 6.45) is 2.43. The molecule has 6 nitrogen and oxygen atoms in total. The van der Waals surface area contributed by atoms with Crippen molar-refractivity contribution in [2.24, 2.45) is 7.05 Å². The summed E-state index contributed by atoms with van der Waals surface area (Å²) in [5.74, 6) is 1.58. The number of aromatic nitrogens is 3. The van der Waals surface area contributed by atoms with Crippen LogP contribution in [0.15, 0.2) is 91.0 Å². The van der Waals surface area contributed by atoms with E-state index in [0.717, 1.165) is 46.4 Å². The minimum Gasteiger partial charge on any atom is -0.473 e. The Kier molecular flexibility index (Phi) is 7.05. The largest absolute Gasteiger partial charge is 0.473 e. The molecular weight excluding hydrogens is 472 g/mol. The summed E-state index contributed by atoms with van der Waals surface area (Å²) in [4.78, 5) is 4.78. The van der Waals surface area contributed by atoms with Gasteiger partial charge >= 0.3 is 0 Å². The molecule has 5 aromatic rings. The van der Waals surface area contributed by atoms with Gasteiger partial charge in [-0.1, -0.05) is 72.8 Å². The van der Waals surface area contributed by atoms with E-state index < -0.39 is 0 Å². The lowest BCUT2D eigenvalue weighted by atomic mass is 9.91. The topological polar surface area (TPSA) is 61.2 Å². The van der Waals surface area contributed by atoms with E-state index in [-0.39, 0.29) is 0 Å². The van der Waals surface area contributed by atoms with Crippen LogP contribution in [0.25, 0.3) is 22.2 Å². The molecule has 0 unspecified atom stereocenters. The molecule has 2 aromatic heterocycles. The van der Waals surface area contributed by atoms with Crippen LogP contribution in [-0.4, -0.2) is 27.9 Å². The van der Waals surface area contributed by atoms with Crippen LogP contribution >= 0.6 is 0 Å². The average molecular weight is 505 g/mol. The molecule has 3 aromatic carbocycles. The number of fused-ring (bicyclic) bond motifs is 1. The van der Waals surface area contributed by atoms with Crippen molar-refractivity contribution in [2.45, 2.75) is 32.0 Å². The van der Waals surface area contributed by atoms with Gasteiger partial charge in [-0.2, -0.15) is 10.1 Å². The fraction of sp³-hybridized carbons (Fsp3) is 0.250. The van der Waals surface area contributed by atoms with Gasteiger partial charge in [0.15, 0.2) is 0 Å². The molecule has 0 aliphatic carbocycles. The summed E-state index contributed by atoms with van der Waals surface area (Å²) in [6.45, 7) is 2.99. The number of aryl methyl sites for hydroxylation is 1. The van der Waals surface area contributed by atoms with E-state index in [4.69, 9.17) is 19.6 Å². The van der Waals surface area contributed by atoms with Gasteiger partial charge in [0.25, 0.3) is 0 Å². The Morgan fingerprint density at radius 3 is 2.32 bits per heavy atom. The van der Waals surface area contributed by atoms with Gasteiger partial charge in [-0.15, -0.1) is 0 Å². The zero-order chi connectivity index (χ0) is 25.7. The van der Waals surface area contributed by atoms with Crippen LogP contribution < -0.4 is 14.8 Å². The van der Waals surface area contributed by atoms with Gasteiger partial charge in [0.05, 0.1) is 11.1 Å². The summed E-state index contributed by atoms with van der Waals surface area (Å²) in [6, 6.07) is 30.9. The first kappa shape index (κ1) is 24.2. The second-order valence-corrected chi connectivity index (χ2v) is 9.84. The Hall–Kier alpha value is -4.16. The predicted molar refractivity (Wildman–Crippen MR) is 150 cm³/mol. The Labute approximate surface area is 223 Å². The molecule has 192 valence electrons. The van der Waals surface area contributed by atoms with Crippen LogP contribution in [0.2, 0.25) is 0 Å². The van der Waals surface area contributed by atoms with E-state index in [1.165, 1.54) is 18.4 Å². The molecule has 38 heavy (non-hydrogen) atoms. The van der Waals surface area contributed by atoms with Gasteiger partial charge in [0.2, 0.25) is 11.8 Å². The predicted octanol–water partition coefficient (Wildman–Crippen LogP) is 6.26. The third-order valence-electron chi connectivity index (χ3n) is 7.18.